The number of aliphatic hydroxyl groups is 1. The molecule has 0 amide bonds. The highest BCUT2D eigenvalue weighted by Crippen LogP contribution is 2.19. The largest absolute Gasteiger partial charge is 0.497 e. The molecule has 0 heterocycles. The minimum atomic E-state index is -0.922. The Morgan fingerprint density at radius 1 is 1.10 bits per heavy atom. The Morgan fingerprint density at radius 3 is 2.40 bits per heavy atom. The number of ether oxygens (including phenoxy) is 1. The van der Waals surface area contributed by atoms with Crippen LogP contribution in [0.2, 0.25) is 0 Å². The average Bonchev–Trinajstić information content (AvgIpc) is 2.48. The summed E-state index contributed by atoms with van der Waals surface area (Å²) in [4.78, 5) is 0. The average molecular weight is 279 g/mol. The van der Waals surface area contributed by atoms with Crippen molar-refractivity contribution in [3.8, 4) is 5.75 Å². The minimum absolute atomic E-state index is 0.192. The first-order valence-corrected chi connectivity index (χ1v) is 6.11. The lowest BCUT2D eigenvalue weighted by Crippen LogP contribution is -2.12. The molecule has 2 N–H and O–H groups in total. The van der Waals surface area contributed by atoms with E-state index in [0.717, 1.165) is 12.1 Å². The molecule has 2 aromatic rings. The maximum absolute atomic E-state index is 13.0. The van der Waals surface area contributed by atoms with Crippen LogP contribution in [0.15, 0.2) is 42.5 Å². The van der Waals surface area contributed by atoms with E-state index in [1.807, 2.05) is 0 Å². The van der Waals surface area contributed by atoms with Crippen LogP contribution in [0.3, 0.4) is 0 Å². The van der Waals surface area contributed by atoms with E-state index in [9.17, 15) is 13.9 Å². The standard InChI is InChI=1S/C15H15F2NO2/c1-20-12-5-2-10(3-6-12)15(19)9-18-11-4-7-13(16)14(17)8-11/h2-8,15,18-19H,9H2,1H3. The molecule has 0 aliphatic heterocycles. The van der Waals surface area contributed by atoms with Gasteiger partial charge in [0.2, 0.25) is 0 Å². The molecule has 0 spiro atoms. The summed E-state index contributed by atoms with van der Waals surface area (Å²) in [5.41, 5.74) is 1.12. The van der Waals surface area contributed by atoms with Crippen LogP contribution in [0, 0.1) is 11.6 Å². The molecule has 0 fully saturated rings. The molecular weight excluding hydrogens is 264 g/mol. The van der Waals surface area contributed by atoms with Gasteiger partial charge in [0.25, 0.3) is 0 Å². The maximum atomic E-state index is 13.0. The Balaban J connectivity index is 1.96. The van der Waals surface area contributed by atoms with Crippen molar-refractivity contribution in [2.24, 2.45) is 0 Å². The number of rotatable bonds is 5. The predicted octanol–water partition coefficient (Wildman–Crippen LogP) is 3.12. The summed E-state index contributed by atoms with van der Waals surface area (Å²) < 4.78 is 30.8. The van der Waals surface area contributed by atoms with Gasteiger partial charge in [0.05, 0.1) is 13.2 Å². The third kappa shape index (κ3) is 3.45. The zero-order chi connectivity index (χ0) is 14.5. The van der Waals surface area contributed by atoms with Gasteiger partial charge in [-0.1, -0.05) is 12.1 Å². The smallest absolute Gasteiger partial charge is 0.160 e. The van der Waals surface area contributed by atoms with Crippen LogP contribution in [0.4, 0.5) is 14.5 Å². The Bertz CT molecular complexity index is 573. The molecule has 0 saturated carbocycles. The molecule has 0 saturated heterocycles. The number of nitrogens with one attached hydrogen (secondary N) is 1. The van der Waals surface area contributed by atoms with Gasteiger partial charge in [0.1, 0.15) is 5.75 Å². The van der Waals surface area contributed by atoms with E-state index >= 15 is 0 Å². The number of hydrogen-bond acceptors (Lipinski definition) is 3. The zero-order valence-electron chi connectivity index (χ0n) is 10.9. The van der Waals surface area contributed by atoms with E-state index in [0.29, 0.717) is 17.0 Å². The maximum Gasteiger partial charge on any atom is 0.160 e. The van der Waals surface area contributed by atoms with E-state index in [4.69, 9.17) is 4.74 Å². The van der Waals surface area contributed by atoms with Crippen LogP contribution in [0.25, 0.3) is 0 Å². The fourth-order valence-corrected chi connectivity index (χ4v) is 1.76. The Morgan fingerprint density at radius 2 is 1.80 bits per heavy atom. The van der Waals surface area contributed by atoms with Gasteiger partial charge in [-0.2, -0.15) is 0 Å². The van der Waals surface area contributed by atoms with Gasteiger partial charge >= 0.3 is 0 Å². The monoisotopic (exact) mass is 279 g/mol. The van der Waals surface area contributed by atoms with Crippen molar-refractivity contribution in [2.75, 3.05) is 19.0 Å². The minimum Gasteiger partial charge on any atom is -0.497 e. The topological polar surface area (TPSA) is 41.5 Å². The van der Waals surface area contributed by atoms with Gasteiger partial charge in [-0.15, -0.1) is 0 Å². The molecule has 5 heteroatoms. The van der Waals surface area contributed by atoms with Crippen molar-refractivity contribution >= 4 is 5.69 Å². The summed E-state index contributed by atoms with van der Waals surface area (Å²) in [6, 6.07) is 10.5. The van der Waals surface area contributed by atoms with Crippen molar-refractivity contribution in [2.45, 2.75) is 6.10 Å². The quantitative estimate of drug-likeness (QED) is 0.883. The van der Waals surface area contributed by atoms with Crippen molar-refractivity contribution in [1.82, 2.24) is 0 Å². The Labute approximate surface area is 115 Å². The molecule has 0 aromatic heterocycles. The molecule has 1 unspecified atom stereocenters. The molecule has 2 rings (SSSR count). The van der Waals surface area contributed by atoms with Gasteiger partial charge in [-0.3, -0.25) is 0 Å². The SMILES string of the molecule is COc1ccc(C(O)CNc2ccc(F)c(F)c2)cc1. The molecule has 20 heavy (non-hydrogen) atoms. The van der Waals surface area contributed by atoms with Gasteiger partial charge in [-0.25, -0.2) is 8.78 Å². The van der Waals surface area contributed by atoms with Crippen molar-refractivity contribution < 1.29 is 18.6 Å². The van der Waals surface area contributed by atoms with Crippen LogP contribution >= 0.6 is 0 Å². The van der Waals surface area contributed by atoms with Crippen LogP contribution < -0.4 is 10.1 Å². The molecule has 2 aromatic carbocycles. The second-order valence-electron chi connectivity index (χ2n) is 4.30. The van der Waals surface area contributed by atoms with Gasteiger partial charge < -0.3 is 15.2 Å². The first-order valence-electron chi connectivity index (χ1n) is 6.11. The molecule has 3 nitrogen and oxygen atoms in total. The summed E-state index contributed by atoms with van der Waals surface area (Å²) in [7, 11) is 1.57. The third-order valence-corrected chi connectivity index (χ3v) is 2.92. The van der Waals surface area contributed by atoms with Crippen LogP contribution in [0.1, 0.15) is 11.7 Å². The highest BCUT2D eigenvalue weighted by atomic mass is 19.2. The van der Waals surface area contributed by atoms with Crippen molar-refractivity contribution in [3.05, 3.63) is 59.7 Å². The first-order chi connectivity index (χ1) is 9.60. The molecule has 1 atom stereocenters. The number of hydrogen-bond donors (Lipinski definition) is 2. The molecule has 0 aliphatic rings. The van der Waals surface area contributed by atoms with E-state index in [1.165, 1.54) is 6.07 Å². The predicted molar refractivity (Wildman–Crippen MR) is 72.8 cm³/mol. The number of anilines is 1. The second kappa shape index (κ2) is 6.34. The second-order valence-corrected chi connectivity index (χ2v) is 4.30. The number of benzene rings is 2. The number of halogens is 2. The number of aliphatic hydroxyl groups excluding tert-OH is 1. The van der Waals surface area contributed by atoms with Crippen molar-refractivity contribution in [1.29, 1.82) is 0 Å². The third-order valence-electron chi connectivity index (χ3n) is 2.92. The van der Waals surface area contributed by atoms with Crippen molar-refractivity contribution in [3.63, 3.8) is 0 Å². The lowest BCUT2D eigenvalue weighted by Gasteiger charge is -2.13. The van der Waals surface area contributed by atoms with Gasteiger partial charge in [-0.05, 0) is 29.8 Å². The summed E-state index contributed by atoms with van der Waals surface area (Å²) in [6.07, 6.45) is -0.756. The van der Waals surface area contributed by atoms with Crippen LogP contribution in [-0.2, 0) is 0 Å². The van der Waals surface area contributed by atoms with Crippen LogP contribution in [-0.4, -0.2) is 18.8 Å². The fraction of sp³-hybridized carbons (Fsp3) is 0.200. The molecular formula is C15H15F2NO2. The fourth-order valence-electron chi connectivity index (χ4n) is 1.76. The molecule has 0 aliphatic carbocycles. The molecule has 0 bridgehead atoms. The van der Waals surface area contributed by atoms with E-state index in [-0.39, 0.29) is 6.54 Å². The highest BCUT2D eigenvalue weighted by molar-refractivity contribution is 5.44. The lowest BCUT2D eigenvalue weighted by atomic mass is 10.1. The summed E-state index contributed by atoms with van der Waals surface area (Å²) in [5.74, 6) is -1.12. The normalized spacial score (nSPS) is 12.0. The van der Waals surface area contributed by atoms with Gasteiger partial charge in [0.15, 0.2) is 11.6 Å². The Kier molecular flexibility index (Phi) is 4.53. The number of methoxy groups -OCH3 is 1. The van der Waals surface area contributed by atoms with E-state index < -0.39 is 17.7 Å². The molecule has 106 valence electrons. The summed E-state index contributed by atoms with van der Waals surface area (Å²) >= 11 is 0. The summed E-state index contributed by atoms with van der Waals surface area (Å²) in [5, 5.41) is 12.8. The van der Waals surface area contributed by atoms with Gasteiger partial charge in [0, 0.05) is 18.3 Å². The molecule has 0 radical (unpaired) electrons. The highest BCUT2D eigenvalue weighted by Gasteiger charge is 2.08. The van der Waals surface area contributed by atoms with E-state index in [1.54, 1.807) is 31.4 Å². The van der Waals surface area contributed by atoms with E-state index in [2.05, 4.69) is 5.32 Å². The lowest BCUT2D eigenvalue weighted by molar-refractivity contribution is 0.191. The Hall–Kier alpha value is -2.14. The first kappa shape index (κ1) is 14.3. The zero-order valence-corrected chi connectivity index (χ0v) is 10.9. The summed E-state index contributed by atoms with van der Waals surface area (Å²) in [6.45, 7) is 0.192. The van der Waals surface area contributed by atoms with Crippen LogP contribution in [0.5, 0.6) is 5.75 Å².